The van der Waals surface area contributed by atoms with Crippen molar-refractivity contribution in [2.75, 3.05) is 12.4 Å². The molecule has 0 aliphatic rings. The van der Waals surface area contributed by atoms with Gasteiger partial charge in [0.1, 0.15) is 0 Å². The number of hydrogen-bond donors (Lipinski definition) is 1. The number of methoxy groups -OCH3 is 1. The molecule has 2 rings (SSSR count). The lowest BCUT2D eigenvalue weighted by atomic mass is 10.1. The number of benzene rings is 2. The fourth-order valence-electron chi connectivity index (χ4n) is 1.79. The Labute approximate surface area is 117 Å². The van der Waals surface area contributed by atoms with E-state index < -0.39 is 5.97 Å². The van der Waals surface area contributed by atoms with Crippen molar-refractivity contribution in [3.8, 4) is 0 Å². The van der Waals surface area contributed by atoms with E-state index in [2.05, 4.69) is 10.1 Å². The number of carbonyl (C=O) groups is 2. The van der Waals surface area contributed by atoms with Crippen molar-refractivity contribution < 1.29 is 14.3 Å². The third-order valence-electron chi connectivity index (χ3n) is 2.94. The van der Waals surface area contributed by atoms with Crippen LogP contribution in [0.4, 0.5) is 5.69 Å². The number of carbonyl (C=O) groups excluding carboxylic acids is 2. The van der Waals surface area contributed by atoms with E-state index in [9.17, 15) is 9.59 Å². The Morgan fingerprint density at radius 3 is 2.35 bits per heavy atom. The molecule has 20 heavy (non-hydrogen) atoms. The summed E-state index contributed by atoms with van der Waals surface area (Å²) in [5, 5.41) is 2.80. The molecule has 4 nitrogen and oxygen atoms in total. The van der Waals surface area contributed by atoms with E-state index in [1.54, 1.807) is 42.5 Å². The normalized spacial score (nSPS) is 9.90. The van der Waals surface area contributed by atoms with E-state index in [1.807, 2.05) is 13.0 Å². The van der Waals surface area contributed by atoms with Gasteiger partial charge in [-0.1, -0.05) is 24.3 Å². The first-order chi connectivity index (χ1) is 9.61. The summed E-state index contributed by atoms with van der Waals surface area (Å²) in [5.41, 5.74) is 2.44. The molecular formula is C16H15NO3. The van der Waals surface area contributed by atoms with Gasteiger partial charge in [0.25, 0.3) is 5.91 Å². The van der Waals surface area contributed by atoms with Crippen LogP contribution in [-0.2, 0) is 4.74 Å². The monoisotopic (exact) mass is 269 g/mol. The molecule has 0 saturated heterocycles. The summed E-state index contributed by atoms with van der Waals surface area (Å²) in [6, 6.07) is 14.0. The molecule has 1 N–H and O–H groups in total. The number of hydrogen-bond acceptors (Lipinski definition) is 3. The highest BCUT2D eigenvalue weighted by molar-refractivity contribution is 6.05. The fourth-order valence-corrected chi connectivity index (χ4v) is 1.79. The van der Waals surface area contributed by atoms with Crippen molar-refractivity contribution in [3.63, 3.8) is 0 Å². The smallest absolute Gasteiger partial charge is 0.337 e. The van der Waals surface area contributed by atoms with Crippen LogP contribution in [0.2, 0.25) is 0 Å². The molecule has 2 aromatic carbocycles. The first-order valence-corrected chi connectivity index (χ1v) is 6.17. The molecule has 4 heteroatoms. The van der Waals surface area contributed by atoms with Crippen LogP contribution >= 0.6 is 0 Å². The van der Waals surface area contributed by atoms with Gasteiger partial charge < -0.3 is 10.1 Å². The largest absolute Gasteiger partial charge is 0.465 e. The number of aryl methyl sites for hydroxylation is 1. The predicted molar refractivity (Wildman–Crippen MR) is 76.9 cm³/mol. The Kier molecular flexibility index (Phi) is 4.15. The molecule has 0 aliphatic carbocycles. The number of rotatable bonds is 3. The second-order valence-electron chi connectivity index (χ2n) is 4.34. The van der Waals surface area contributed by atoms with Gasteiger partial charge in [-0.15, -0.1) is 0 Å². The fraction of sp³-hybridized carbons (Fsp3) is 0.125. The lowest BCUT2D eigenvalue weighted by Gasteiger charge is -2.10. The molecular weight excluding hydrogens is 254 g/mol. The summed E-state index contributed by atoms with van der Waals surface area (Å²) in [4.78, 5) is 23.6. The third kappa shape index (κ3) is 3.03. The van der Waals surface area contributed by atoms with E-state index in [-0.39, 0.29) is 5.91 Å². The first kappa shape index (κ1) is 13.8. The molecule has 0 aliphatic heterocycles. The molecule has 0 bridgehead atoms. The van der Waals surface area contributed by atoms with E-state index >= 15 is 0 Å². The van der Waals surface area contributed by atoms with Gasteiger partial charge in [-0.25, -0.2) is 4.79 Å². The Morgan fingerprint density at radius 1 is 1.00 bits per heavy atom. The SMILES string of the molecule is COC(=O)c1ccc(C)c(NC(=O)c2ccccc2)c1. The van der Waals surface area contributed by atoms with Gasteiger partial charge in [-0.3, -0.25) is 4.79 Å². The molecule has 2 aromatic rings. The van der Waals surface area contributed by atoms with Crippen molar-refractivity contribution in [3.05, 3.63) is 65.2 Å². The molecule has 0 fully saturated rings. The van der Waals surface area contributed by atoms with Crippen molar-refractivity contribution in [1.82, 2.24) is 0 Å². The van der Waals surface area contributed by atoms with Gasteiger partial charge in [0, 0.05) is 11.3 Å². The number of nitrogens with one attached hydrogen (secondary N) is 1. The second kappa shape index (κ2) is 6.02. The van der Waals surface area contributed by atoms with Crippen LogP contribution in [0.5, 0.6) is 0 Å². The van der Waals surface area contributed by atoms with Crippen LogP contribution in [0.3, 0.4) is 0 Å². The Bertz CT molecular complexity index is 635. The van der Waals surface area contributed by atoms with E-state index in [0.29, 0.717) is 16.8 Å². The molecule has 0 unspecified atom stereocenters. The van der Waals surface area contributed by atoms with Crippen LogP contribution < -0.4 is 5.32 Å². The van der Waals surface area contributed by atoms with Crippen LogP contribution in [0.1, 0.15) is 26.3 Å². The highest BCUT2D eigenvalue weighted by atomic mass is 16.5. The zero-order chi connectivity index (χ0) is 14.5. The zero-order valence-electron chi connectivity index (χ0n) is 11.3. The predicted octanol–water partition coefficient (Wildman–Crippen LogP) is 3.03. The summed E-state index contributed by atoms with van der Waals surface area (Å²) in [5.74, 6) is -0.643. The lowest BCUT2D eigenvalue weighted by Crippen LogP contribution is -2.13. The minimum Gasteiger partial charge on any atom is -0.465 e. The van der Waals surface area contributed by atoms with Gasteiger partial charge in [0.2, 0.25) is 0 Å². The number of amides is 1. The summed E-state index contributed by atoms with van der Waals surface area (Å²) in [6.07, 6.45) is 0. The highest BCUT2D eigenvalue weighted by Gasteiger charge is 2.11. The van der Waals surface area contributed by atoms with Gasteiger partial charge in [0.15, 0.2) is 0 Å². The topological polar surface area (TPSA) is 55.4 Å². The molecule has 102 valence electrons. The van der Waals surface area contributed by atoms with E-state index in [0.717, 1.165) is 5.56 Å². The zero-order valence-corrected chi connectivity index (χ0v) is 11.3. The van der Waals surface area contributed by atoms with Crippen molar-refractivity contribution in [2.45, 2.75) is 6.92 Å². The van der Waals surface area contributed by atoms with Crippen LogP contribution in [-0.4, -0.2) is 19.0 Å². The Morgan fingerprint density at radius 2 is 1.70 bits per heavy atom. The number of anilines is 1. The maximum absolute atomic E-state index is 12.1. The highest BCUT2D eigenvalue weighted by Crippen LogP contribution is 2.18. The molecule has 0 atom stereocenters. The molecule has 1 amide bonds. The van der Waals surface area contributed by atoms with Gasteiger partial charge in [-0.05, 0) is 36.8 Å². The van der Waals surface area contributed by atoms with E-state index in [4.69, 9.17) is 0 Å². The minimum absolute atomic E-state index is 0.212. The summed E-state index contributed by atoms with van der Waals surface area (Å²) >= 11 is 0. The summed E-state index contributed by atoms with van der Waals surface area (Å²) < 4.78 is 4.67. The van der Waals surface area contributed by atoms with Crippen molar-refractivity contribution in [2.24, 2.45) is 0 Å². The van der Waals surface area contributed by atoms with Crippen molar-refractivity contribution >= 4 is 17.6 Å². The Hall–Kier alpha value is -2.62. The number of esters is 1. The van der Waals surface area contributed by atoms with E-state index in [1.165, 1.54) is 7.11 Å². The average Bonchev–Trinajstić information content (AvgIpc) is 2.49. The molecule has 0 heterocycles. The maximum Gasteiger partial charge on any atom is 0.337 e. The summed E-state index contributed by atoms with van der Waals surface area (Å²) in [6.45, 7) is 1.86. The second-order valence-corrected chi connectivity index (χ2v) is 4.34. The third-order valence-corrected chi connectivity index (χ3v) is 2.94. The minimum atomic E-state index is -0.430. The van der Waals surface area contributed by atoms with Crippen molar-refractivity contribution in [1.29, 1.82) is 0 Å². The maximum atomic E-state index is 12.1. The quantitative estimate of drug-likeness (QED) is 0.871. The van der Waals surface area contributed by atoms with Crippen LogP contribution in [0, 0.1) is 6.92 Å². The molecule has 0 spiro atoms. The van der Waals surface area contributed by atoms with Gasteiger partial charge in [0.05, 0.1) is 12.7 Å². The standard InChI is InChI=1S/C16H15NO3/c1-11-8-9-13(16(19)20-2)10-14(11)17-15(18)12-6-4-3-5-7-12/h3-10H,1-2H3,(H,17,18). The molecule has 0 radical (unpaired) electrons. The summed E-state index contributed by atoms with van der Waals surface area (Å²) in [7, 11) is 1.32. The van der Waals surface area contributed by atoms with Gasteiger partial charge in [-0.2, -0.15) is 0 Å². The van der Waals surface area contributed by atoms with Crippen LogP contribution in [0.15, 0.2) is 48.5 Å². The van der Waals surface area contributed by atoms with Crippen LogP contribution in [0.25, 0.3) is 0 Å². The first-order valence-electron chi connectivity index (χ1n) is 6.17. The average molecular weight is 269 g/mol. The molecule has 0 saturated carbocycles. The van der Waals surface area contributed by atoms with Gasteiger partial charge >= 0.3 is 5.97 Å². The lowest BCUT2D eigenvalue weighted by molar-refractivity contribution is 0.0600. The number of ether oxygens (including phenoxy) is 1. The molecule has 0 aromatic heterocycles. The Balaban J connectivity index is 2.25.